The van der Waals surface area contributed by atoms with E-state index >= 15 is 0 Å². The smallest absolute Gasteiger partial charge is 0.119 e. The van der Waals surface area contributed by atoms with Gasteiger partial charge in [-0.3, -0.25) is 0 Å². The lowest BCUT2D eigenvalue weighted by atomic mass is 10.2. The summed E-state index contributed by atoms with van der Waals surface area (Å²) in [5, 5.41) is 2.06. The number of nitrogens with two attached hydrogens (primary N) is 1. The molecule has 1 heterocycles. The Bertz CT molecular complexity index is 467. The van der Waals surface area contributed by atoms with Crippen molar-refractivity contribution < 1.29 is 4.74 Å². The second-order valence-electron chi connectivity index (χ2n) is 4.20. The first-order valence-electron chi connectivity index (χ1n) is 5.85. The molecule has 0 saturated heterocycles. The van der Waals surface area contributed by atoms with Crippen LogP contribution in [0.2, 0.25) is 0 Å². The van der Waals surface area contributed by atoms with Gasteiger partial charge in [0.05, 0.1) is 13.2 Å². The Morgan fingerprint density at radius 1 is 1.28 bits per heavy atom. The minimum atomic E-state index is 0.0529. The van der Waals surface area contributed by atoms with Crippen molar-refractivity contribution >= 4 is 17.0 Å². The molecule has 18 heavy (non-hydrogen) atoms. The van der Waals surface area contributed by atoms with Crippen molar-refractivity contribution in [2.75, 3.05) is 25.6 Å². The Morgan fingerprint density at radius 2 is 2.00 bits per heavy atom. The summed E-state index contributed by atoms with van der Waals surface area (Å²) in [6.07, 6.45) is 0. The van der Waals surface area contributed by atoms with Crippen molar-refractivity contribution in [3.8, 4) is 5.75 Å². The minimum Gasteiger partial charge on any atom is -0.497 e. The van der Waals surface area contributed by atoms with E-state index < -0.39 is 0 Å². The van der Waals surface area contributed by atoms with Gasteiger partial charge in [0.2, 0.25) is 0 Å². The van der Waals surface area contributed by atoms with E-state index in [2.05, 4.69) is 23.4 Å². The van der Waals surface area contributed by atoms with Crippen molar-refractivity contribution in [2.24, 2.45) is 5.73 Å². The van der Waals surface area contributed by atoms with Crippen LogP contribution in [0.5, 0.6) is 5.75 Å². The summed E-state index contributed by atoms with van der Waals surface area (Å²) in [4.78, 5) is 3.37. The van der Waals surface area contributed by atoms with E-state index in [1.807, 2.05) is 30.3 Å². The highest BCUT2D eigenvalue weighted by Gasteiger charge is 2.10. The van der Waals surface area contributed by atoms with E-state index in [0.717, 1.165) is 18.0 Å². The molecule has 96 valence electrons. The van der Waals surface area contributed by atoms with Crippen LogP contribution in [-0.2, 0) is 0 Å². The maximum Gasteiger partial charge on any atom is 0.119 e. The number of likely N-dealkylation sites (N-methyl/N-ethyl adjacent to an activating group) is 1. The van der Waals surface area contributed by atoms with E-state index in [4.69, 9.17) is 10.5 Å². The Kier molecular flexibility index (Phi) is 4.23. The average molecular weight is 262 g/mol. The second-order valence-corrected chi connectivity index (χ2v) is 5.18. The average Bonchev–Trinajstić information content (AvgIpc) is 2.92. The normalized spacial score (nSPS) is 12.2. The minimum absolute atomic E-state index is 0.0529. The van der Waals surface area contributed by atoms with Crippen LogP contribution in [-0.4, -0.2) is 20.7 Å². The Labute approximate surface area is 112 Å². The van der Waals surface area contributed by atoms with E-state index in [-0.39, 0.29) is 6.04 Å². The van der Waals surface area contributed by atoms with Crippen LogP contribution in [0.15, 0.2) is 41.8 Å². The van der Waals surface area contributed by atoms with Crippen molar-refractivity contribution in [2.45, 2.75) is 6.04 Å². The molecule has 3 nitrogen and oxygen atoms in total. The first-order chi connectivity index (χ1) is 8.70. The number of thiophene rings is 1. The molecule has 4 heteroatoms. The molecular formula is C14H18N2OS. The van der Waals surface area contributed by atoms with Gasteiger partial charge in [0.1, 0.15) is 5.75 Å². The summed E-state index contributed by atoms with van der Waals surface area (Å²) in [5.41, 5.74) is 7.32. The fourth-order valence-electron chi connectivity index (χ4n) is 1.83. The number of hydrogen-bond donors (Lipinski definition) is 1. The van der Waals surface area contributed by atoms with E-state index in [1.54, 1.807) is 18.4 Å². The highest BCUT2D eigenvalue weighted by Crippen LogP contribution is 2.22. The first kappa shape index (κ1) is 12.9. The third-order valence-corrected chi connectivity index (χ3v) is 3.90. The van der Waals surface area contributed by atoms with Crippen LogP contribution in [0.1, 0.15) is 10.9 Å². The van der Waals surface area contributed by atoms with Gasteiger partial charge in [-0.05, 0) is 35.7 Å². The molecule has 1 aromatic carbocycles. The fraction of sp³-hybridized carbons (Fsp3) is 0.286. The molecule has 0 amide bonds. The number of ether oxygens (including phenoxy) is 1. The molecule has 0 fully saturated rings. The summed E-state index contributed by atoms with van der Waals surface area (Å²) in [5.74, 6) is 0.870. The lowest BCUT2D eigenvalue weighted by Crippen LogP contribution is -2.28. The standard InChI is InChI=1S/C14H18N2OS/c1-16(10-13(15)14-4-3-9-18-14)11-5-7-12(17-2)8-6-11/h3-9,13H,10,15H2,1-2H3. The number of methoxy groups -OCH3 is 1. The quantitative estimate of drug-likeness (QED) is 0.900. The number of nitrogens with zero attached hydrogens (tertiary/aromatic N) is 1. The molecule has 0 saturated carbocycles. The molecule has 1 unspecified atom stereocenters. The predicted molar refractivity (Wildman–Crippen MR) is 77.5 cm³/mol. The van der Waals surface area contributed by atoms with Crippen LogP contribution in [0.3, 0.4) is 0 Å². The molecule has 2 rings (SSSR count). The monoisotopic (exact) mass is 262 g/mol. The molecule has 0 radical (unpaired) electrons. The van der Waals surface area contributed by atoms with Crippen molar-refractivity contribution in [3.05, 3.63) is 46.7 Å². The molecule has 1 aromatic heterocycles. The lowest BCUT2D eigenvalue weighted by Gasteiger charge is -2.23. The van der Waals surface area contributed by atoms with Crippen molar-refractivity contribution in [1.29, 1.82) is 0 Å². The zero-order valence-electron chi connectivity index (χ0n) is 10.7. The number of anilines is 1. The largest absolute Gasteiger partial charge is 0.497 e. The zero-order chi connectivity index (χ0) is 13.0. The van der Waals surface area contributed by atoms with Crippen LogP contribution < -0.4 is 15.4 Å². The SMILES string of the molecule is COc1ccc(N(C)CC(N)c2cccs2)cc1. The van der Waals surface area contributed by atoms with E-state index in [1.165, 1.54) is 4.88 Å². The van der Waals surface area contributed by atoms with Crippen LogP contribution in [0.4, 0.5) is 5.69 Å². The molecule has 2 N–H and O–H groups in total. The van der Waals surface area contributed by atoms with Crippen LogP contribution in [0.25, 0.3) is 0 Å². The Balaban J connectivity index is 2.00. The molecule has 0 spiro atoms. The summed E-state index contributed by atoms with van der Waals surface area (Å²) < 4.78 is 5.15. The van der Waals surface area contributed by atoms with Gasteiger partial charge in [-0.25, -0.2) is 0 Å². The van der Waals surface area contributed by atoms with Gasteiger partial charge in [-0.1, -0.05) is 6.07 Å². The topological polar surface area (TPSA) is 38.5 Å². The third-order valence-electron chi connectivity index (χ3n) is 2.89. The summed E-state index contributed by atoms with van der Waals surface area (Å²) in [6, 6.07) is 12.2. The summed E-state index contributed by atoms with van der Waals surface area (Å²) in [6.45, 7) is 0.798. The van der Waals surface area contributed by atoms with Gasteiger partial charge in [0, 0.05) is 24.2 Å². The molecule has 0 aliphatic heterocycles. The second kappa shape index (κ2) is 5.89. The molecule has 0 aliphatic carbocycles. The number of benzene rings is 1. The Morgan fingerprint density at radius 3 is 2.56 bits per heavy atom. The number of rotatable bonds is 5. The zero-order valence-corrected chi connectivity index (χ0v) is 11.5. The molecule has 1 atom stereocenters. The fourth-order valence-corrected chi connectivity index (χ4v) is 2.55. The van der Waals surface area contributed by atoms with Gasteiger partial charge < -0.3 is 15.4 Å². The van der Waals surface area contributed by atoms with E-state index in [9.17, 15) is 0 Å². The van der Waals surface area contributed by atoms with Gasteiger partial charge >= 0.3 is 0 Å². The maximum atomic E-state index is 6.18. The summed E-state index contributed by atoms with van der Waals surface area (Å²) >= 11 is 1.70. The lowest BCUT2D eigenvalue weighted by molar-refractivity contribution is 0.415. The predicted octanol–water partition coefficient (Wildman–Crippen LogP) is 2.89. The van der Waals surface area contributed by atoms with Crippen LogP contribution in [0, 0.1) is 0 Å². The molecule has 2 aromatic rings. The van der Waals surface area contributed by atoms with Gasteiger partial charge in [0.25, 0.3) is 0 Å². The summed E-state index contributed by atoms with van der Waals surface area (Å²) in [7, 11) is 3.72. The van der Waals surface area contributed by atoms with E-state index in [0.29, 0.717) is 0 Å². The van der Waals surface area contributed by atoms with Gasteiger partial charge in [-0.15, -0.1) is 11.3 Å². The highest BCUT2D eigenvalue weighted by atomic mass is 32.1. The first-order valence-corrected chi connectivity index (χ1v) is 6.73. The van der Waals surface area contributed by atoms with Crippen molar-refractivity contribution in [1.82, 2.24) is 0 Å². The van der Waals surface area contributed by atoms with Crippen LogP contribution >= 0.6 is 11.3 Å². The highest BCUT2D eigenvalue weighted by molar-refractivity contribution is 7.10. The maximum absolute atomic E-state index is 6.18. The van der Waals surface area contributed by atoms with Crippen molar-refractivity contribution in [3.63, 3.8) is 0 Å². The molecule has 0 bridgehead atoms. The molecular weight excluding hydrogens is 244 g/mol. The van der Waals surface area contributed by atoms with Gasteiger partial charge in [0.15, 0.2) is 0 Å². The number of hydrogen-bond acceptors (Lipinski definition) is 4. The molecule has 0 aliphatic rings. The van der Waals surface area contributed by atoms with Gasteiger partial charge in [-0.2, -0.15) is 0 Å². The Hall–Kier alpha value is -1.52. The third kappa shape index (κ3) is 3.03.